The van der Waals surface area contributed by atoms with Crippen LogP contribution in [0.4, 0.5) is 0 Å². The summed E-state index contributed by atoms with van der Waals surface area (Å²) in [5.74, 6) is 0. The highest BCUT2D eigenvalue weighted by Crippen LogP contribution is 2.39. The molecule has 1 aromatic carbocycles. The van der Waals surface area contributed by atoms with Gasteiger partial charge in [-0.1, -0.05) is 12.1 Å². The van der Waals surface area contributed by atoms with Gasteiger partial charge in [0.1, 0.15) is 0 Å². The van der Waals surface area contributed by atoms with Gasteiger partial charge >= 0.3 is 0 Å². The molecule has 1 aromatic heterocycles. The van der Waals surface area contributed by atoms with Crippen LogP contribution < -0.4 is 5.32 Å². The van der Waals surface area contributed by atoms with E-state index in [9.17, 15) is 0 Å². The number of rotatable bonds is 0. The maximum atomic E-state index is 3.64. The van der Waals surface area contributed by atoms with Crippen molar-refractivity contribution in [2.24, 2.45) is 0 Å². The molecule has 17 heavy (non-hydrogen) atoms. The number of aromatic nitrogens is 1. The summed E-state index contributed by atoms with van der Waals surface area (Å²) < 4.78 is 0. The van der Waals surface area contributed by atoms with E-state index < -0.39 is 0 Å². The minimum atomic E-state index is 0.524. The van der Waals surface area contributed by atoms with Gasteiger partial charge in [0.15, 0.2) is 0 Å². The average Bonchev–Trinajstić information content (AvgIpc) is 2.76. The van der Waals surface area contributed by atoms with Crippen LogP contribution in [0.2, 0.25) is 0 Å². The van der Waals surface area contributed by atoms with E-state index in [1.807, 2.05) is 0 Å². The lowest BCUT2D eigenvalue weighted by atomic mass is 9.81. The second kappa shape index (κ2) is 3.23. The van der Waals surface area contributed by atoms with Crippen molar-refractivity contribution in [3.8, 4) is 0 Å². The van der Waals surface area contributed by atoms with E-state index in [0.717, 1.165) is 19.4 Å². The topological polar surface area (TPSA) is 27.8 Å². The summed E-state index contributed by atoms with van der Waals surface area (Å²) >= 11 is 0. The van der Waals surface area contributed by atoms with Crippen molar-refractivity contribution in [1.82, 2.24) is 10.3 Å². The van der Waals surface area contributed by atoms with Gasteiger partial charge in [0.25, 0.3) is 0 Å². The number of fused-ring (bicyclic) bond motifs is 2. The lowest BCUT2D eigenvalue weighted by Gasteiger charge is -2.31. The van der Waals surface area contributed by atoms with Crippen molar-refractivity contribution in [2.45, 2.75) is 25.8 Å². The lowest BCUT2D eigenvalue weighted by molar-refractivity contribution is 0.585. The van der Waals surface area contributed by atoms with Crippen molar-refractivity contribution in [1.29, 1.82) is 0 Å². The predicted molar refractivity (Wildman–Crippen MR) is 71.1 cm³/mol. The number of H-pyrrole nitrogens is 1. The van der Waals surface area contributed by atoms with Crippen molar-refractivity contribution in [3.63, 3.8) is 0 Å². The molecule has 2 nitrogen and oxygen atoms in total. The normalized spacial score (nSPS) is 22.4. The second-order valence-electron chi connectivity index (χ2n) is 5.15. The molecule has 0 fully saturated rings. The largest absolute Gasteiger partial charge is 0.361 e. The van der Waals surface area contributed by atoms with Crippen molar-refractivity contribution < 1.29 is 0 Å². The van der Waals surface area contributed by atoms with Crippen molar-refractivity contribution >= 4 is 16.5 Å². The van der Waals surface area contributed by atoms with Crippen LogP contribution in [-0.2, 0) is 6.42 Å². The molecule has 0 bridgehead atoms. The fourth-order valence-corrected chi connectivity index (χ4v) is 3.35. The van der Waals surface area contributed by atoms with Crippen LogP contribution in [-0.4, -0.2) is 17.6 Å². The molecule has 2 N–H and O–H groups in total. The highest BCUT2D eigenvalue weighted by molar-refractivity contribution is 5.99. The Morgan fingerprint density at radius 1 is 1.29 bits per heavy atom. The first kappa shape index (κ1) is 9.49. The van der Waals surface area contributed by atoms with Crippen LogP contribution in [0.3, 0.4) is 0 Å². The quantitative estimate of drug-likeness (QED) is 0.707. The van der Waals surface area contributed by atoms with Crippen molar-refractivity contribution in [2.75, 3.05) is 6.54 Å². The zero-order chi connectivity index (χ0) is 11.4. The number of hydrogen-bond acceptors (Lipinski definition) is 1. The van der Waals surface area contributed by atoms with Gasteiger partial charge in [0.05, 0.1) is 0 Å². The molecule has 0 saturated carbocycles. The number of nitrogens with one attached hydrogen (secondary N) is 2. The van der Waals surface area contributed by atoms with Crippen LogP contribution in [0.25, 0.3) is 16.5 Å². The predicted octanol–water partition coefficient (Wildman–Crippen LogP) is 2.78. The van der Waals surface area contributed by atoms with Gasteiger partial charge < -0.3 is 10.3 Å². The molecule has 2 aromatic rings. The van der Waals surface area contributed by atoms with E-state index >= 15 is 0 Å². The summed E-state index contributed by atoms with van der Waals surface area (Å²) in [6.45, 7) is 3.34. The van der Waals surface area contributed by atoms with E-state index in [1.165, 1.54) is 33.2 Å². The van der Waals surface area contributed by atoms with Crippen LogP contribution >= 0.6 is 0 Å². The highest BCUT2D eigenvalue weighted by Gasteiger charge is 2.28. The zero-order valence-electron chi connectivity index (χ0n) is 10.0. The van der Waals surface area contributed by atoms with Gasteiger partial charge in [-0.05, 0) is 54.6 Å². The number of benzene rings is 1. The summed E-state index contributed by atoms with van der Waals surface area (Å²) in [7, 11) is 0. The average molecular weight is 224 g/mol. The smallest absolute Gasteiger partial charge is 0.0463 e. The Bertz CT molecular complexity index is 634. The third-order valence-electron chi connectivity index (χ3n) is 4.12. The monoisotopic (exact) mass is 224 g/mol. The van der Waals surface area contributed by atoms with Gasteiger partial charge in [-0.3, -0.25) is 0 Å². The molecule has 0 saturated heterocycles. The van der Waals surface area contributed by atoms with Crippen LogP contribution in [0.1, 0.15) is 23.1 Å². The Kier molecular flexibility index (Phi) is 1.80. The highest BCUT2D eigenvalue weighted by atomic mass is 14.9. The molecule has 2 heterocycles. The van der Waals surface area contributed by atoms with Crippen LogP contribution in [0, 0.1) is 6.92 Å². The first-order valence-corrected chi connectivity index (χ1v) is 6.38. The Hall–Kier alpha value is -1.54. The van der Waals surface area contributed by atoms with Crippen LogP contribution in [0.5, 0.6) is 0 Å². The zero-order valence-corrected chi connectivity index (χ0v) is 10.0. The molecule has 2 aliphatic rings. The summed E-state index contributed by atoms with van der Waals surface area (Å²) in [5, 5.41) is 5.09. The Labute approximate surface area is 101 Å². The minimum absolute atomic E-state index is 0.524. The standard InChI is InChI=1S/C15H16N2/c1-9-4-5-12-15-10(8-17-12)7-13-11(14(9)15)3-2-6-16-13/h3-5,8,13,16-17H,2,6-7H2,1H3. The Morgan fingerprint density at radius 2 is 2.24 bits per heavy atom. The molecule has 0 amide bonds. The van der Waals surface area contributed by atoms with Gasteiger partial charge in [0.2, 0.25) is 0 Å². The van der Waals surface area contributed by atoms with E-state index in [-0.39, 0.29) is 0 Å². The number of aryl methyl sites for hydroxylation is 1. The summed E-state index contributed by atoms with van der Waals surface area (Å²) in [6.07, 6.45) is 6.89. The molecule has 1 aliphatic heterocycles. The molecule has 86 valence electrons. The first-order valence-electron chi connectivity index (χ1n) is 6.38. The van der Waals surface area contributed by atoms with Gasteiger partial charge in [-0.25, -0.2) is 0 Å². The van der Waals surface area contributed by atoms with E-state index in [2.05, 4.69) is 41.6 Å². The van der Waals surface area contributed by atoms with Gasteiger partial charge in [-0.15, -0.1) is 0 Å². The number of aromatic amines is 1. The van der Waals surface area contributed by atoms with Crippen LogP contribution in [0.15, 0.2) is 24.4 Å². The molecule has 1 atom stereocenters. The Balaban J connectivity index is 2.12. The SMILES string of the molecule is Cc1ccc2[nH]cc3c2c1C1=CCCNC1C3. The molecule has 0 radical (unpaired) electrons. The molecular formula is C15H16N2. The maximum absolute atomic E-state index is 3.64. The fraction of sp³-hybridized carbons (Fsp3) is 0.333. The second-order valence-corrected chi connectivity index (χ2v) is 5.15. The third-order valence-corrected chi connectivity index (χ3v) is 4.12. The molecular weight excluding hydrogens is 208 g/mol. The summed E-state index contributed by atoms with van der Waals surface area (Å²) in [6, 6.07) is 4.96. The molecule has 1 aliphatic carbocycles. The lowest BCUT2D eigenvalue weighted by Crippen LogP contribution is -2.37. The van der Waals surface area contributed by atoms with E-state index in [4.69, 9.17) is 0 Å². The molecule has 2 heteroatoms. The van der Waals surface area contributed by atoms with Gasteiger partial charge in [0, 0.05) is 23.1 Å². The van der Waals surface area contributed by atoms with E-state index in [1.54, 1.807) is 0 Å². The summed E-state index contributed by atoms with van der Waals surface area (Å²) in [4.78, 5) is 3.40. The maximum Gasteiger partial charge on any atom is 0.0463 e. The first-order chi connectivity index (χ1) is 8.34. The molecule has 4 rings (SSSR count). The molecule has 0 spiro atoms. The van der Waals surface area contributed by atoms with E-state index in [0.29, 0.717) is 6.04 Å². The Morgan fingerprint density at radius 3 is 3.18 bits per heavy atom. The molecule has 1 unspecified atom stereocenters. The van der Waals surface area contributed by atoms with Crippen molar-refractivity contribution in [3.05, 3.63) is 41.1 Å². The third kappa shape index (κ3) is 1.19. The van der Waals surface area contributed by atoms with Gasteiger partial charge in [-0.2, -0.15) is 0 Å². The summed E-state index contributed by atoms with van der Waals surface area (Å²) in [5.41, 5.74) is 7.15. The number of hydrogen-bond donors (Lipinski definition) is 2. The fourth-order valence-electron chi connectivity index (χ4n) is 3.35. The minimum Gasteiger partial charge on any atom is -0.361 e.